The van der Waals surface area contributed by atoms with Crippen LogP contribution in [-0.2, 0) is 10.0 Å². The quantitative estimate of drug-likeness (QED) is 0.536. The number of benzene rings is 1. The van der Waals surface area contributed by atoms with Crippen molar-refractivity contribution in [2.45, 2.75) is 30.6 Å². The number of nitrogens with zero attached hydrogens (tertiary/aromatic N) is 1. The molecule has 0 aliphatic heterocycles. The molecule has 1 fully saturated rings. The fourth-order valence-corrected chi connectivity index (χ4v) is 3.90. The second-order valence-corrected chi connectivity index (χ2v) is 7.58. The Morgan fingerprint density at radius 3 is 2.27 bits per heavy atom. The molecule has 6 nitrogen and oxygen atoms in total. The van der Waals surface area contributed by atoms with E-state index in [1.165, 1.54) is 0 Å². The van der Waals surface area contributed by atoms with Crippen molar-refractivity contribution in [1.29, 1.82) is 0 Å². The van der Waals surface area contributed by atoms with Crippen LogP contribution in [0.1, 0.15) is 25.7 Å². The highest BCUT2D eigenvalue weighted by atomic mass is 32.2. The Hall–Kier alpha value is -1.60. The molecular formula is C15H24N4O2S. The average Bonchev–Trinajstić information content (AvgIpc) is 2.53. The summed E-state index contributed by atoms with van der Waals surface area (Å²) in [5.41, 5.74) is 10.7. The van der Waals surface area contributed by atoms with Crippen molar-refractivity contribution in [2.24, 2.45) is 28.3 Å². The Kier molecular flexibility index (Phi) is 5.79. The van der Waals surface area contributed by atoms with Gasteiger partial charge in [-0.05, 0) is 49.7 Å². The smallest absolute Gasteiger partial charge is 0.240 e. The van der Waals surface area contributed by atoms with Gasteiger partial charge in [0.15, 0.2) is 5.96 Å². The maximum atomic E-state index is 12.2. The van der Waals surface area contributed by atoms with E-state index in [9.17, 15) is 8.42 Å². The first-order valence-corrected chi connectivity index (χ1v) is 9.06. The van der Waals surface area contributed by atoms with Gasteiger partial charge in [0.1, 0.15) is 0 Å². The first-order chi connectivity index (χ1) is 10.5. The highest BCUT2D eigenvalue weighted by molar-refractivity contribution is 7.89. The molecule has 0 saturated heterocycles. The van der Waals surface area contributed by atoms with Gasteiger partial charge >= 0.3 is 0 Å². The molecule has 22 heavy (non-hydrogen) atoms. The molecule has 1 aromatic carbocycles. The molecule has 1 aromatic rings. The van der Waals surface area contributed by atoms with Crippen LogP contribution in [0.15, 0.2) is 40.2 Å². The van der Waals surface area contributed by atoms with Crippen molar-refractivity contribution < 1.29 is 8.42 Å². The summed E-state index contributed by atoms with van der Waals surface area (Å²) in [5, 5.41) is 0. The minimum absolute atomic E-state index is 0.137. The topological polar surface area (TPSA) is 111 Å². The Labute approximate surface area is 132 Å². The summed E-state index contributed by atoms with van der Waals surface area (Å²) >= 11 is 0. The molecule has 0 spiro atoms. The van der Waals surface area contributed by atoms with Gasteiger partial charge < -0.3 is 11.5 Å². The fourth-order valence-electron chi connectivity index (χ4n) is 2.76. The molecule has 122 valence electrons. The van der Waals surface area contributed by atoms with Gasteiger partial charge in [0.25, 0.3) is 0 Å². The summed E-state index contributed by atoms with van der Waals surface area (Å²) in [6.45, 7) is 1.16. The number of nitrogens with two attached hydrogens (primary N) is 2. The maximum Gasteiger partial charge on any atom is 0.240 e. The van der Waals surface area contributed by atoms with Gasteiger partial charge in [0.05, 0.1) is 4.90 Å². The van der Waals surface area contributed by atoms with Gasteiger partial charge in [0.2, 0.25) is 10.0 Å². The second-order valence-electron chi connectivity index (χ2n) is 5.82. The molecular weight excluding hydrogens is 300 g/mol. The molecule has 1 aliphatic carbocycles. The van der Waals surface area contributed by atoms with Crippen LogP contribution in [0.5, 0.6) is 0 Å². The summed E-state index contributed by atoms with van der Waals surface area (Å²) < 4.78 is 27.0. The average molecular weight is 324 g/mol. The number of guanidine groups is 1. The SMILES string of the molecule is NC(N)=NCC1CCC(CNS(=O)(=O)c2ccccc2)CC1. The highest BCUT2D eigenvalue weighted by Gasteiger charge is 2.23. The molecule has 0 radical (unpaired) electrons. The summed E-state index contributed by atoms with van der Waals surface area (Å²) in [7, 11) is -3.40. The zero-order valence-electron chi connectivity index (χ0n) is 12.6. The minimum atomic E-state index is -3.40. The zero-order valence-corrected chi connectivity index (χ0v) is 13.4. The molecule has 0 atom stereocenters. The number of rotatable bonds is 6. The van der Waals surface area contributed by atoms with Gasteiger partial charge in [0, 0.05) is 13.1 Å². The minimum Gasteiger partial charge on any atom is -0.370 e. The van der Waals surface area contributed by atoms with E-state index in [-0.39, 0.29) is 5.96 Å². The number of nitrogens with one attached hydrogen (secondary N) is 1. The van der Waals surface area contributed by atoms with E-state index in [4.69, 9.17) is 11.5 Å². The largest absolute Gasteiger partial charge is 0.370 e. The van der Waals surface area contributed by atoms with Crippen LogP contribution in [0, 0.1) is 11.8 Å². The van der Waals surface area contributed by atoms with E-state index in [2.05, 4.69) is 9.71 Å². The summed E-state index contributed by atoms with van der Waals surface area (Å²) in [4.78, 5) is 4.38. The van der Waals surface area contributed by atoms with Crippen molar-refractivity contribution in [3.05, 3.63) is 30.3 Å². The lowest BCUT2D eigenvalue weighted by atomic mass is 9.82. The standard InChI is InChI=1S/C15H24N4O2S/c16-15(17)18-10-12-6-8-13(9-7-12)11-19-22(20,21)14-4-2-1-3-5-14/h1-5,12-13,19H,6-11H2,(H4,16,17,18). The van der Waals surface area contributed by atoms with Crippen molar-refractivity contribution >= 4 is 16.0 Å². The molecule has 0 heterocycles. The monoisotopic (exact) mass is 324 g/mol. The predicted molar refractivity (Wildman–Crippen MR) is 87.8 cm³/mol. The molecule has 2 rings (SSSR count). The third kappa shape index (κ3) is 4.99. The number of aliphatic imine (C=N–C) groups is 1. The molecule has 0 unspecified atom stereocenters. The third-order valence-electron chi connectivity index (χ3n) is 4.11. The van der Waals surface area contributed by atoms with Gasteiger partial charge in [-0.2, -0.15) is 0 Å². The van der Waals surface area contributed by atoms with E-state index >= 15 is 0 Å². The summed E-state index contributed by atoms with van der Waals surface area (Å²) in [6, 6.07) is 8.46. The van der Waals surface area contributed by atoms with E-state index in [0.29, 0.717) is 29.8 Å². The van der Waals surface area contributed by atoms with Crippen LogP contribution < -0.4 is 16.2 Å². The summed E-state index contributed by atoms with van der Waals surface area (Å²) in [5.74, 6) is 1.02. The van der Waals surface area contributed by atoms with E-state index in [0.717, 1.165) is 25.7 Å². The molecule has 5 N–H and O–H groups in total. The number of hydrogen-bond donors (Lipinski definition) is 3. The van der Waals surface area contributed by atoms with Gasteiger partial charge in [-0.3, -0.25) is 4.99 Å². The molecule has 1 aliphatic rings. The van der Waals surface area contributed by atoms with Crippen LogP contribution in [0.2, 0.25) is 0 Å². The molecule has 7 heteroatoms. The Morgan fingerprint density at radius 2 is 1.68 bits per heavy atom. The van der Waals surface area contributed by atoms with Crippen molar-refractivity contribution in [1.82, 2.24) is 4.72 Å². The molecule has 1 saturated carbocycles. The molecule has 0 bridgehead atoms. The van der Waals surface area contributed by atoms with Crippen molar-refractivity contribution in [3.8, 4) is 0 Å². The van der Waals surface area contributed by atoms with Gasteiger partial charge in [-0.15, -0.1) is 0 Å². The lowest BCUT2D eigenvalue weighted by Crippen LogP contribution is -2.32. The number of hydrogen-bond acceptors (Lipinski definition) is 3. The van der Waals surface area contributed by atoms with E-state index in [1.807, 2.05) is 0 Å². The zero-order chi connectivity index (χ0) is 16.0. The van der Waals surface area contributed by atoms with E-state index < -0.39 is 10.0 Å². The normalized spacial score (nSPS) is 22.2. The highest BCUT2D eigenvalue weighted by Crippen LogP contribution is 2.28. The van der Waals surface area contributed by atoms with Gasteiger partial charge in [-0.25, -0.2) is 13.1 Å². The third-order valence-corrected chi connectivity index (χ3v) is 5.55. The maximum absolute atomic E-state index is 12.2. The van der Waals surface area contributed by atoms with E-state index in [1.54, 1.807) is 30.3 Å². The Morgan fingerprint density at radius 1 is 1.09 bits per heavy atom. The lowest BCUT2D eigenvalue weighted by molar-refractivity contribution is 0.280. The Balaban J connectivity index is 1.78. The van der Waals surface area contributed by atoms with Gasteiger partial charge in [-0.1, -0.05) is 18.2 Å². The van der Waals surface area contributed by atoms with Crippen LogP contribution in [-0.4, -0.2) is 27.5 Å². The first kappa shape index (κ1) is 16.8. The number of sulfonamides is 1. The van der Waals surface area contributed by atoms with Crippen molar-refractivity contribution in [3.63, 3.8) is 0 Å². The van der Waals surface area contributed by atoms with Crippen LogP contribution in [0.25, 0.3) is 0 Å². The molecule has 0 amide bonds. The molecule has 0 aromatic heterocycles. The second kappa shape index (κ2) is 7.60. The lowest BCUT2D eigenvalue weighted by Gasteiger charge is -2.27. The van der Waals surface area contributed by atoms with Crippen molar-refractivity contribution in [2.75, 3.05) is 13.1 Å². The van der Waals surface area contributed by atoms with Crippen LogP contribution >= 0.6 is 0 Å². The Bertz CT molecular complexity index is 589. The van der Waals surface area contributed by atoms with Crippen LogP contribution in [0.3, 0.4) is 0 Å². The summed E-state index contributed by atoms with van der Waals surface area (Å²) in [6.07, 6.45) is 4.08. The van der Waals surface area contributed by atoms with Crippen LogP contribution in [0.4, 0.5) is 0 Å². The predicted octanol–water partition coefficient (Wildman–Crippen LogP) is 1.04. The first-order valence-electron chi connectivity index (χ1n) is 7.57. The fraction of sp³-hybridized carbons (Fsp3) is 0.533.